The molecule has 0 heterocycles. The first kappa shape index (κ1) is 27.0. The van der Waals surface area contributed by atoms with Gasteiger partial charge in [0.1, 0.15) is 6.04 Å². The molecule has 0 fully saturated rings. The molecule has 0 rings (SSSR count). The molecule has 0 saturated carbocycles. The van der Waals surface area contributed by atoms with Crippen LogP contribution in [0.1, 0.15) is 96.8 Å². The molecule has 0 radical (unpaired) electrons. The van der Waals surface area contributed by atoms with E-state index in [9.17, 15) is 4.79 Å². The summed E-state index contributed by atoms with van der Waals surface area (Å²) in [6.45, 7) is 3.06. The molecule has 0 bridgehead atoms. The molecule has 1 unspecified atom stereocenters. The van der Waals surface area contributed by atoms with Crippen LogP contribution in [0.2, 0.25) is 0 Å². The van der Waals surface area contributed by atoms with Crippen molar-refractivity contribution < 1.29 is 9.90 Å². The average molecular weight is 370 g/mol. The molecular formula is C19H40NNaO2S. The van der Waals surface area contributed by atoms with Gasteiger partial charge < -0.3 is 10.4 Å². The van der Waals surface area contributed by atoms with Gasteiger partial charge in [-0.25, -0.2) is 0 Å². The molecule has 2 N–H and O–H groups in total. The summed E-state index contributed by atoms with van der Waals surface area (Å²) in [5.41, 5.74) is 0. The van der Waals surface area contributed by atoms with Crippen LogP contribution in [0.15, 0.2) is 0 Å². The van der Waals surface area contributed by atoms with Gasteiger partial charge in [0, 0.05) is 5.75 Å². The van der Waals surface area contributed by atoms with E-state index >= 15 is 0 Å². The van der Waals surface area contributed by atoms with Gasteiger partial charge >= 0.3 is 35.5 Å². The maximum atomic E-state index is 10.8. The van der Waals surface area contributed by atoms with Crippen LogP contribution in [0, 0.1) is 0 Å². The summed E-state index contributed by atoms with van der Waals surface area (Å²) in [5.74, 6) is -0.445. The van der Waals surface area contributed by atoms with Crippen molar-refractivity contribution in [2.75, 3.05) is 12.3 Å². The van der Waals surface area contributed by atoms with Crippen LogP contribution in [0.4, 0.5) is 0 Å². The second-order valence-corrected chi connectivity index (χ2v) is 6.99. The summed E-state index contributed by atoms with van der Waals surface area (Å²) in [6, 6.07) is -0.500. The number of carbonyl (C=O) groups is 1. The van der Waals surface area contributed by atoms with Crippen LogP contribution in [0.25, 0.3) is 0 Å². The molecule has 0 aromatic carbocycles. The summed E-state index contributed by atoms with van der Waals surface area (Å²) in [4.78, 5) is 10.8. The second kappa shape index (κ2) is 21.8. The van der Waals surface area contributed by atoms with Gasteiger partial charge in [-0.3, -0.25) is 4.79 Å². The Morgan fingerprint density at radius 3 is 1.54 bits per heavy atom. The summed E-state index contributed by atoms with van der Waals surface area (Å²) in [5, 5.41) is 11.9. The van der Waals surface area contributed by atoms with Crippen molar-refractivity contribution in [3.63, 3.8) is 0 Å². The van der Waals surface area contributed by atoms with Gasteiger partial charge in [-0.2, -0.15) is 12.6 Å². The molecule has 3 nitrogen and oxygen atoms in total. The predicted octanol–water partition coefficient (Wildman–Crippen LogP) is 4.79. The number of thiol groups is 1. The van der Waals surface area contributed by atoms with Crippen LogP contribution in [0.5, 0.6) is 0 Å². The molecule has 0 aliphatic heterocycles. The Hall–Kier alpha value is 0.780. The fourth-order valence-electron chi connectivity index (χ4n) is 2.83. The molecule has 0 aromatic rings. The second-order valence-electron chi connectivity index (χ2n) is 6.62. The van der Waals surface area contributed by atoms with E-state index in [1.165, 1.54) is 83.5 Å². The molecule has 0 aromatic heterocycles. The molecule has 24 heavy (non-hydrogen) atoms. The van der Waals surface area contributed by atoms with Gasteiger partial charge in [0.25, 0.3) is 0 Å². The fourth-order valence-corrected chi connectivity index (χ4v) is 3.11. The van der Waals surface area contributed by atoms with E-state index in [-0.39, 0.29) is 29.6 Å². The number of hydrogen-bond acceptors (Lipinski definition) is 3. The number of carboxylic acid groups (broad SMARTS) is 1. The van der Waals surface area contributed by atoms with Crippen molar-refractivity contribution in [1.29, 1.82) is 0 Å². The summed E-state index contributed by atoms with van der Waals surface area (Å²) in [7, 11) is 0. The van der Waals surface area contributed by atoms with E-state index in [0.29, 0.717) is 5.75 Å². The van der Waals surface area contributed by atoms with Crippen molar-refractivity contribution in [3.05, 3.63) is 0 Å². The topological polar surface area (TPSA) is 49.3 Å². The predicted molar refractivity (Wildman–Crippen MR) is 111 cm³/mol. The van der Waals surface area contributed by atoms with Crippen molar-refractivity contribution in [2.45, 2.75) is 103 Å². The Labute approximate surface area is 177 Å². The molecular weight excluding hydrogens is 329 g/mol. The molecule has 140 valence electrons. The van der Waals surface area contributed by atoms with Crippen LogP contribution < -0.4 is 5.32 Å². The van der Waals surface area contributed by atoms with Gasteiger partial charge in [-0.05, 0) is 13.0 Å². The molecule has 0 spiro atoms. The zero-order chi connectivity index (χ0) is 17.2. The van der Waals surface area contributed by atoms with E-state index < -0.39 is 12.0 Å². The Morgan fingerprint density at radius 1 is 0.833 bits per heavy atom. The van der Waals surface area contributed by atoms with E-state index in [0.717, 1.165) is 13.0 Å². The number of unbranched alkanes of at least 4 members (excludes halogenated alkanes) is 13. The van der Waals surface area contributed by atoms with Gasteiger partial charge in [0.05, 0.1) is 0 Å². The van der Waals surface area contributed by atoms with Gasteiger partial charge in [-0.15, -0.1) is 0 Å². The van der Waals surface area contributed by atoms with E-state index in [4.69, 9.17) is 5.11 Å². The molecule has 0 aliphatic rings. The van der Waals surface area contributed by atoms with Crippen molar-refractivity contribution in [2.24, 2.45) is 0 Å². The Kier molecular flexibility index (Phi) is 24.6. The average Bonchev–Trinajstić information content (AvgIpc) is 2.54. The number of nitrogens with one attached hydrogen (secondary N) is 1. The summed E-state index contributed by atoms with van der Waals surface area (Å²) >= 11 is 4.04. The summed E-state index contributed by atoms with van der Waals surface area (Å²) in [6.07, 6.45) is 18.9. The Morgan fingerprint density at radius 2 is 1.21 bits per heavy atom. The Bertz CT molecular complexity index is 268. The van der Waals surface area contributed by atoms with Gasteiger partial charge in [0.15, 0.2) is 0 Å². The molecule has 1 atom stereocenters. The third-order valence-electron chi connectivity index (χ3n) is 4.40. The van der Waals surface area contributed by atoms with Crippen molar-refractivity contribution in [3.8, 4) is 0 Å². The van der Waals surface area contributed by atoms with Crippen molar-refractivity contribution in [1.82, 2.24) is 5.32 Å². The number of rotatable bonds is 18. The summed E-state index contributed by atoms with van der Waals surface area (Å²) < 4.78 is 0. The van der Waals surface area contributed by atoms with E-state index in [1.54, 1.807) is 0 Å². The van der Waals surface area contributed by atoms with Crippen LogP contribution >= 0.6 is 12.6 Å². The third-order valence-corrected chi connectivity index (χ3v) is 4.77. The van der Waals surface area contributed by atoms with Crippen LogP contribution in [0.3, 0.4) is 0 Å². The van der Waals surface area contributed by atoms with Gasteiger partial charge in [0.2, 0.25) is 0 Å². The van der Waals surface area contributed by atoms with Crippen molar-refractivity contribution >= 4 is 48.2 Å². The monoisotopic (exact) mass is 369 g/mol. The Balaban J connectivity index is 0. The quantitative estimate of drug-likeness (QED) is 0.185. The zero-order valence-electron chi connectivity index (χ0n) is 15.2. The molecule has 0 aliphatic carbocycles. The third kappa shape index (κ3) is 19.1. The first-order valence-electron chi connectivity index (χ1n) is 9.79. The molecule has 0 saturated heterocycles. The zero-order valence-corrected chi connectivity index (χ0v) is 16.1. The number of aliphatic carboxylic acids is 1. The normalized spacial score (nSPS) is 11.9. The first-order valence-corrected chi connectivity index (χ1v) is 10.4. The van der Waals surface area contributed by atoms with Crippen LogP contribution in [-0.4, -0.2) is 59.0 Å². The first-order chi connectivity index (χ1) is 11.2. The fraction of sp³-hybridized carbons (Fsp3) is 0.947. The van der Waals surface area contributed by atoms with E-state index in [2.05, 4.69) is 24.9 Å². The standard InChI is InChI=1S/C19H39NO2S.Na.H/c1-2-3-4-5-6-7-8-9-10-11-12-13-14-15-16-20-18(17-23)19(21)22;;/h18,20,23H,2-17H2,1H3,(H,21,22);;. The van der Waals surface area contributed by atoms with Crippen LogP contribution in [-0.2, 0) is 4.79 Å². The SMILES string of the molecule is CCCCCCCCCCCCCCCCNC(CS)C(=O)O.[NaH]. The maximum absolute atomic E-state index is 10.8. The number of hydrogen-bond donors (Lipinski definition) is 3. The molecule has 0 amide bonds. The minimum atomic E-state index is -0.801. The number of carboxylic acids is 1. The minimum absolute atomic E-state index is 0. The van der Waals surface area contributed by atoms with E-state index in [1.807, 2.05) is 0 Å². The molecule has 5 heteroatoms. The van der Waals surface area contributed by atoms with Gasteiger partial charge in [-0.1, -0.05) is 90.4 Å².